The Balaban J connectivity index is 0.000000949. The zero-order chi connectivity index (χ0) is 29.9. The number of pyridine rings is 1. The molecule has 3 aromatic rings. The van der Waals surface area contributed by atoms with Crippen LogP contribution in [0.1, 0.15) is 77.5 Å². The average molecular weight is 611 g/mol. The number of fused-ring (bicyclic) bond motifs is 1. The van der Waals surface area contributed by atoms with Gasteiger partial charge in [0.1, 0.15) is 12.4 Å². The Morgan fingerprint density at radius 3 is 2.02 bits per heavy atom. The number of imidazole rings is 1. The minimum atomic E-state index is -2.08. The van der Waals surface area contributed by atoms with Crippen LogP contribution in [0.3, 0.4) is 0 Å². The Kier molecular flexibility index (Phi) is 19.3. The van der Waals surface area contributed by atoms with Gasteiger partial charge >= 0.3 is 17.1 Å². The zero-order valence-corrected chi connectivity index (χ0v) is 25.3. The number of ether oxygens (including phenoxy) is 1. The summed E-state index contributed by atoms with van der Waals surface area (Å²) in [6.07, 6.45) is 15.5. The van der Waals surface area contributed by atoms with E-state index in [0.717, 1.165) is 18.8 Å². The molecule has 0 aliphatic heterocycles. The van der Waals surface area contributed by atoms with E-state index in [-0.39, 0.29) is 17.1 Å². The van der Waals surface area contributed by atoms with Crippen LogP contribution in [0.25, 0.3) is 5.65 Å². The fourth-order valence-corrected chi connectivity index (χ4v) is 4.10. The van der Waals surface area contributed by atoms with E-state index in [1.54, 1.807) is 0 Å². The van der Waals surface area contributed by atoms with Gasteiger partial charge < -0.3 is 34.8 Å². The largest absolute Gasteiger partial charge is 2.00 e. The summed E-state index contributed by atoms with van der Waals surface area (Å²) in [7, 11) is 0. The average Bonchev–Trinajstić information content (AvgIpc) is 3.65. The van der Waals surface area contributed by atoms with E-state index in [9.17, 15) is 0 Å². The van der Waals surface area contributed by atoms with Crippen LogP contribution in [0, 0.1) is 5.92 Å². The summed E-state index contributed by atoms with van der Waals surface area (Å²) < 4.78 is 10.7. The first-order valence-corrected chi connectivity index (χ1v) is 13.5. The molecular formula is C31H42FeN2O7. The molecule has 1 aromatic carbocycles. The molecular weight excluding hydrogens is 568 g/mol. The molecule has 0 atom stereocenters. The summed E-state index contributed by atoms with van der Waals surface area (Å²) >= 11 is 0. The van der Waals surface area contributed by atoms with Crippen molar-refractivity contribution >= 4 is 18.0 Å². The van der Waals surface area contributed by atoms with E-state index < -0.39 is 12.3 Å². The third-order valence-electron chi connectivity index (χ3n) is 5.95. The Morgan fingerprint density at radius 2 is 1.54 bits per heavy atom. The van der Waals surface area contributed by atoms with E-state index in [2.05, 4.69) is 85.5 Å². The first kappa shape index (κ1) is 37.4. The summed E-state index contributed by atoms with van der Waals surface area (Å²) in [5.74, 6) is 2.13. The molecule has 0 radical (unpaired) electrons. The molecule has 0 unspecified atom stereocenters. The van der Waals surface area contributed by atoms with Crippen LogP contribution >= 0.6 is 0 Å². The van der Waals surface area contributed by atoms with Crippen LogP contribution < -0.4 is 19.5 Å². The van der Waals surface area contributed by atoms with Crippen molar-refractivity contribution in [3.05, 3.63) is 84.9 Å². The second-order valence-electron chi connectivity index (χ2n) is 9.78. The number of hydrogen-bond acceptors (Lipinski definition) is 5. The number of hydrogen-bond donors (Lipinski definition) is 2. The van der Waals surface area contributed by atoms with E-state index >= 15 is 0 Å². The van der Waals surface area contributed by atoms with Crippen molar-refractivity contribution in [1.29, 1.82) is 0 Å². The summed E-state index contributed by atoms with van der Waals surface area (Å²) in [5, 5.41) is 30.6. The molecule has 0 fully saturated rings. The van der Waals surface area contributed by atoms with Gasteiger partial charge in [0.05, 0.1) is 12.6 Å². The van der Waals surface area contributed by atoms with Gasteiger partial charge in [0, 0.05) is 12.0 Å². The quantitative estimate of drug-likeness (QED) is 0.140. The van der Waals surface area contributed by atoms with E-state index in [1.165, 1.54) is 37.0 Å². The number of allylic oxidation sites excluding steroid dienone is 4. The minimum Gasteiger partial charge on any atom is -0.565 e. The molecule has 10 heteroatoms. The Labute approximate surface area is 253 Å². The molecule has 1 aliphatic rings. The summed E-state index contributed by atoms with van der Waals surface area (Å²) in [6, 6.07) is 14.7. The Morgan fingerprint density at radius 1 is 0.976 bits per heavy atom. The Hall–Kier alpha value is -3.62. The van der Waals surface area contributed by atoms with Crippen molar-refractivity contribution in [2.45, 2.75) is 71.8 Å². The van der Waals surface area contributed by atoms with Gasteiger partial charge in [-0.25, -0.2) is 16.7 Å². The second kappa shape index (κ2) is 21.2. The monoisotopic (exact) mass is 610 g/mol. The topological polar surface area (TPSA) is 138 Å². The van der Waals surface area contributed by atoms with Gasteiger partial charge in [0.25, 0.3) is 5.65 Å². The van der Waals surface area contributed by atoms with Crippen molar-refractivity contribution in [2.75, 3.05) is 6.61 Å². The van der Waals surface area contributed by atoms with Crippen LogP contribution in [0.2, 0.25) is 0 Å². The predicted octanol–water partition coefficient (Wildman–Crippen LogP) is 5.18. The summed E-state index contributed by atoms with van der Waals surface area (Å²) in [4.78, 5) is 16.9. The molecule has 2 N–H and O–H groups in total. The minimum absolute atomic E-state index is 0. The van der Waals surface area contributed by atoms with Crippen LogP contribution in [0.15, 0.2) is 79.2 Å². The maximum absolute atomic E-state index is 8.44. The van der Waals surface area contributed by atoms with Crippen LogP contribution in [-0.2, 0) is 17.1 Å². The number of carbonyl (C=O) groups is 2. The normalized spacial score (nSPS) is 11.6. The van der Waals surface area contributed by atoms with Gasteiger partial charge in [-0.05, 0) is 38.7 Å². The van der Waals surface area contributed by atoms with E-state index in [1.807, 2.05) is 30.3 Å². The molecule has 0 spiro atoms. The molecule has 2 aromatic heterocycles. The predicted molar refractivity (Wildman–Crippen MR) is 151 cm³/mol. The van der Waals surface area contributed by atoms with Crippen LogP contribution in [0.5, 0.6) is 5.75 Å². The van der Waals surface area contributed by atoms with Gasteiger partial charge in [-0.15, -0.1) is 0 Å². The molecule has 1 aliphatic carbocycles. The number of nitrogens with zero attached hydrogens (tertiary/aromatic N) is 2. The standard InChI is InChI=1S/C24H35N2O.C5H5.2CH2O3.Fe/c1-19(2)23-18-25(20(3)4)24-15-14-22(17-26(23)24)27-16-10-6-5-7-11-21-12-8-9-13-21;1-2-4-5-3-1;2*2-1(3)4;/h8-9,12-15,17-21H,5-7,10-11,16H2,1-4H3;1-5H;2*(H2,2,3,4);/q+1;-1;;;+2/p-2. The number of carboxylic acid groups (broad SMARTS) is 4. The molecule has 41 heavy (non-hydrogen) atoms. The molecule has 226 valence electrons. The maximum Gasteiger partial charge on any atom is 2.00 e. The smallest absolute Gasteiger partial charge is 0.565 e. The summed E-state index contributed by atoms with van der Waals surface area (Å²) in [6.45, 7) is 9.76. The SMILES string of the molecule is CC(C)c1c[n+](C(C)C)c2ccc(OCCCCCCC3C=CC=C3)cn12.O=C([O-])O.O=C([O-])O.[Fe+2].c1cc[cH-]c1. The summed E-state index contributed by atoms with van der Waals surface area (Å²) in [5.41, 5.74) is 2.57. The molecule has 4 rings (SSSR count). The fourth-order valence-electron chi connectivity index (χ4n) is 4.10. The number of rotatable bonds is 10. The third-order valence-corrected chi connectivity index (χ3v) is 5.95. The second-order valence-corrected chi connectivity index (χ2v) is 9.78. The van der Waals surface area contributed by atoms with Gasteiger partial charge in [0.2, 0.25) is 12.3 Å². The van der Waals surface area contributed by atoms with Gasteiger partial charge in [-0.3, -0.25) is 0 Å². The first-order valence-electron chi connectivity index (χ1n) is 13.5. The van der Waals surface area contributed by atoms with Crippen molar-refractivity contribution in [3.63, 3.8) is 0 Å². The van der Waals surface area contributed by atoms with Gasteiger partial charge in [-0.2, -0.15) is 22.6 Å². The van der Waals surface area contributed by atoms with Crippen molar-refractivity contribution in [2.24, 2.45) is 5.92 Å². The van der Waals surface area contributed by atoms with Crippen LogP contribution in [-0.4, -0.2) is 33.5 Å². The van der Waals surface area contributed by atoms with Crippen molar-refractivity contribution in [3.8, 4) is 5.75 Å². The molecule has 0 saturated carbocycles. The molecule has 0 saturated heterocycles. The first-order chi connectivity index (χ1) is 19.0. The van der Waals surface area contributed by atoms with Gasteiger partial charge in [0.15, 0.2) is 11.4 Å². The van der Waals surface area contributed by atoms with Crippen molar-refractivity contribution in [1.82, 2.24) is 4.40 Å². The fraction of sp³-hybridized carbons (Fsp3) is 0.419. The van der Waals surface area contributed by atoms with Gasteiger partial charge in [-0.1, -0.05) is 57.4 Å². The van der Waals surface area contributed by atoms with Crippen LogP contribution in [0.4, 0.5) is 9.59 Å². The number of aromatic nitrogens is 2. The van der Waals surface area contributed by atoms with E-state index in [0.29, 0.717) is 17.9 Å². The molecule has 0 amide bonds. The third kappa shape index (κ3) is 16.3. The van der Waals surface area contributed by atoms with Crippen molar-refractivity contribution < 1.29 is 56.4 Å². The van der Waals surface area contributed by atoms with E-state index in [4.69, 9.17) is 34.8 Å². The maximum atomic E-state index is 8.44. The Bertz CT molecular complexity index is 1140. The molecule has 2 heterocycles. The molecule has 0 bridgehead atoms. The number of unbranched alkanes of at least 4 members (excludes halogenated alkanes) is 3. The zero-order valence-electron chi connectivity index (χ0n) is 24.2. The molecule has 9 nitrogen and oxygen atoms in total.